The van der Waals surface area contributed by atoms with Gasteiger partial charge in [0.2, 0.25) is 0 Å². The highest BCUT2D eigenvalue weighted by molar-refractivity contribution is 5.80. The SMILES string of the molecule is CN1CCCNC(c2cn(C)c3ncccc23)C1. The van der Waals surface area contributed by atoms with Gasteiger partial charge in [-0.3, -0.25) is 0 Å². The van der Waals surface area contributed by atoms with E-state index in [0.29, 0.717) is 6.04 Å². The Bertz CT molecular complexity index is 546. The van der Waals surface area contributed by atoms with Crippen molar-refractivity contribution < 1.29 is 0 Å². The molecule has 96 valence electrons. The fraction of sp³-hybridized carbons (Fsp3) is 0.500. The maximum absolute atomic E-state index is 4.46. The van der Waals surface area contributed by atoms with Gasteiger partial charge in [-0.25, -0.2) is 4.98 Å². The highest BCUT2D eigenvalue weighted by atomic mass is 15.1. The van der Waals surface area contributed by atoms with Crippen LogP contribution >= 0.6 is 0 Å². The van der Waals surface area contributed by atoms with Crippen molar-refractivity contribution in [1.29, 1.82) is 0 Å². The summed E-state index contributed by atoms with van der Waals surface area (Å²) in [5.74, 6) is 0. The Balaban J connectivity index is 2.02. The van der Waals surface area contributed by atoms with E-state index in [-0.39, 0.29) is 0 Å². The molecule has 2 aromatic heterocycles. The van der Waals surface area contributed by atoms with Crippen molar-refractivity contribution in [2.45, 2.75) is 12.5 Å². The molecule has 3 rings (SSSR count). The highest BCUT2D eigenvalue weighted by Gasteiger charge is 2.20. The van der Waals surface area contributed by atoms with Crippen molar-refractivity contribution in [3.8, 4) is 0 Å². The van der Waals surface area contributed by atoms with Gasteiger partial charge in [-0.05, 0) is 44.3 Å². The highest BCUT2D eigenvalue weighted by Crippen LogP contribution is 2.25. The van der Waals surface area contributed by atoms with Gasteiger partial charge in [-0.1, -0.05) is 0 Å². The number of aromatic nitrogens is 2. The van der Waals surface area contributed by atoms with Gasteiger partial charge in [-0.15, -0.1) is 0 Å². The molecule has 1 fully saturated rings. The third-order valence-corrected chi connectivity index (χ3v) is 3.74. The number of rotatable bonds is 1. The number of likely N-dealkylation sites (N-methyl/N-ethyl adjacent to an activating group) is 1. The van der Waals surface area contributed by atoms with Gasteiger partial charge in [0, 0.05) is 37.4 Å². The smallest absolute Gasteiger partial charge is 0.139 e. The zero-order valence-electron chi connectivity index (χ0n) is 11.1. The molecule has 1 aliphatic rings. The quantitative estimate of drug-likeness (QED) is 0.826. The lowest BCUT2D eigenvalue weighted by Gasteiger charge is -2.20. The minimum Gasteiger partial charge on any atom is -0.335 e. The Morgan fingerprint density at radius 3 is 3.17 bits per heavy atom. The van der Waals surface area contributed by atoms with Crippen LogP contribution in [0, 0.1) is 0 Å². The maximum Gasteiger partial charge on any atom is 0.139 e. The van der Waals surface area contributed by atoms with Gasteiger partial charge < -0.3 is 14.8 Å². The molecule has 4 nitrogen and oxygen atoms in total. The van der Waals surface area contributed by atoms with E-state index in [1.54, 1.807) is 0 Å². The first-order chi connectivity index (χ1) is 8.75. The number of fused-ring (bicyclic) bond motifs is 1. The van der Waals surface area contributed by atoms with Crippen LogP contribution in [0.15, 0.2) is 24.5 Å². The van der Waals surface area contributed by atoms with Gasteiger partial charge in [-0.2, -0.15) is 0 Å². The Labute approximate surface area is 108 Å². The van der Waals surface area contributed by atoms with Crippen LogP contribution < -0.4 is 5.32 Å². The summed E-state index contributed by atoms with van der Waals surface area (Å²) in [5.41, 5.74) is 2.44. The lowest BCUT2D eigenvalue weighted by Crippen LogP contribution is -2.28. The average Bonchev–Trinajstić information content (AvgIpc) is 2.57. The van der Waals surface area contributed by atoms with Crippen LogP contribution in [0.25, 0.3) is 11.0 Å². The summed E-state index contributed by atoms with van der Waals surface area (Å²) >= 11 is 0. The van der Waals surface area contributed by atoms with Gasteiger partial charge in [0.1, 0.15) is 5.65 Å². The summed E-state index contributed by atoms with van der Waals surface area (Å²) < 4.78 is 2.12. The van der Waals surface area contributed by atoms with Crippen molar-refractivity contribution in [1.82, 2.24) is 19.8 Å². The summed E-state index contributed by atoms with van der Waals surface area (Å²) in [6.45, 7) is 3.33. The molecule has 0 saturated carbocycles. The second-order valence-corrected chi connectivity index (χ2v) is 5.19. The number of hydrogen-bond donors (Lipinski definition) is 1. The fourth-order valence-corrected chi connectivity index (χ4v) is 2.82. The van der Waals surface area contributed by atoms with Crippen molar-refractivity contribution in [2.24, 2.45) is 7.05 Å². The monoisotopic (exact) mass is 244 g/mol. The second kappa shape index (κ2) is 4.71. The topological polar surface area (TPSA) is 33.1 Å². The Morgan fingerprint density at radius 2 is 2.28 bits per heavy atom. The molecule has 1 unspecified atom stereocenters. The summed E-state index contributed by atoms with van der Waals surface area (Å²) in [6, 6.07) is 4.60. The second-order valence-electron chi connectivity index (χ2n) is 5.19. The Kier molecular flexibility index (Phi) is 3.06. The molecule has 1 aliphatic heterocycles. The van der Waals surface area contributed by atoms with Crippen molar-refractivity contribution in [3.05, 3.63) is 30.1 Å². The largest absolute Gasteiger partial charge is 0.335 e. The maximum atomic E-state index is 4.46. The van der Waals surface area contributed by atoms with Crippen LogP contribution in [-0.2, 0) is 7.05 Å². The predicted octanol–water partition coefficient (Wildman–Crippen LogP) is 1.54. The van der Waals surface area contributed by atoms with E-state index in [2.05, 4.69) is 46.1 Å². The number of pyridine rings is 1. The third-order valence-electron chi connectivity index (χ3n) is 3.74. The molecule has 1 atom stereocenters. The van der Waals surface area contributed by atoms with E-state index in [9.17, 15) is 0 Å². The molecule has 0 aliphatic carbocycles. The lowest BCUT2D eigenvalue weighted by molar-refractivity contribution is 0.327. The molecule has 4 heteroatoms. The molecule has 18 heavy (non-hydrogen) atoms. The summed E-state index contributed by atoms with van der Waals surface area (Å²) in [4.78, 5) is 6.86. The number of aryl methyl sites for hydroxylation is 1. The van der Waals surface area contributed by atoms with Gasteiger partial charge in [0.25, 0.3) is 0 Å². The molecule has 2 aromatic rings. The van der Waals surface area contributed by atoms with Crippen LogP contribution in [0.1, 0.15) is 18.0 Å². The van der Waals surface area contributed by atoms with E-state index < -0.39 is 0 Å². The minimum absolute atomic E-state index is 0.408. The number of nitrogens with one attached hydrogen (secondary N) is 1. The van der Waals surface area contributed by atoms with E-state index in [1.165, 1.54) is 23.9 Å². The van der Waals surface area contributed by atoms with Crippen molar-refractivity contribution in [3.63, 3.8) is 0 Å². The first kappa shape index (κ1) is 11.7. The normalized spacial score (nSPS) is 22.2. The van der Waals surface area contributed by atoms with Crippen LogP contribution in [-0.4, -0.2) is 41.1 Å². The fourth-order valence-electron chi connectivity index (χ4n) is 2.82. The molecule has 1 N–H and O–H groups in total. The third kappa shape index (κ3) is 2.02. The molecule has 1 saturated heterocycles. The molecule has 0 bridgehead atoms. The number of hydrogen-bond acceptors (Lipinski definition) is 3. The number of nitrogens with zero attached hydrogens (tertiary/aromatic N) is 3. The van der Waals surface area contributed by atoms with E-state index >= 15 is 0 Å². The van der Waals surface area contributed by atoms with Crippen LogP contribution in [0.3, 0.4) is 0 Å². The molecular formula is C14H20N4. The predicted molar refractivity (Wildman–Crippen MR) is 73.6 cm³/mol. The van der Waals surface area contributed by atoms with Crippen LogP contribution in [0.2, 0.25) is 0 Å². The van der Waals surface area contributed by atoms with Gasteiger partial charge in [0.15, 0.2) is 0 Å². The van der Waals surface area contributed by atoms with E-state index in [1.807, 2.05) is 12.3 Å². The standard InChI is InChI=1S/C14H20N4/c1-17-8-4-7-15-13(10-17)12-9-18(2)14-11(12)5-3-6-16-14/h3,5-6,9,13,15H,4,7-8,10H2,1-2H3. The van der Waals surface area contributed by atoms with E-state index in [4.69, 9.17) is 0 Å². The molecule has 0 spiro atoms. The first-order valence-electron chi connectivity index (χ1n) is 6.57. The van der Waals surface area contributed by atoms with Crippen LogP contribution in [0.4, 0.5) is 0 Å². The zero-order valence-corrected chi connectivity index (χ0v) is 11.1. The van der Waals surface area contributed by atoms with Crippen molar-refractivity contribution in [2.75, 3.05) is 26.7 Å². The van der Waals surface area contributed by atoms with Crippen molar-refractivity contribution >= 4 is 11.0 Å². The molecular weight excluding hydrogens is 224 g/mol. The van der Waals surface area contributed by atoms with Crippen LogP contribution in [0.5, 0.6) is 0 Å². The lowest BCUT2D eigenvalue weighted by atomic mass is 10.1. The summed E-state index contributed by atoms with van der Waals surface area (Å²) in [7, 11) is 4.27. The van der Waals surface area contributed by atoms with Gasteiger partial charge >= 0.3 is 0 Å². The average molecular weight is 244 g/mol. The summed E-state index contributed by atoms with van der Waals surface area (Å²) in [5, 5.41) is 4.92. The van der Waals surface area contributed by atoms with Gasteiger partial charge in [0.05, 0.1) is 0 Å². The minimum atomic E-state index is 0.408. The van der Waals surface area contributed by atoms with E-state index in [0.717, 1.165) is 18.7 Å². The zero-order chi connectivity index (χ0) is 12.5. The first-order valence-corrected chi connectivity index (χ1v) is 6.57. The summed E-state index contributed by atoms with van der Waals surface area (Å²) in [6.07, 6.45) is 5.29. The molecule has 0 amide bonds. The Hall–Kier alpha value is -1.39. The molecule has 0 radical (unpaired) electrons. The Morgan fingerprint density at radius 1 is 1.39 bits per heavy atom. The molecule has 0 aromatic carbocycles. The molecule has 3 heterocycles.